The van der Waals surface area contributed by atoms with Gasteiger partial charge in [0, 0.05) is 16.6 Å². The lowest BCUT2D eigenvalue weighted by Crippen LogP contribution is -2.29. The van der Waals surface area contributed by atoms with E-state index in [0.29, 0.717) is 33.7 Å². The number of aromatic carboxylic acids is 1. The Hall–Kier alpha value is -5.57. The van der Waals surface area contributed by atoms with Crippen LogP contribution in [0.25, 0.3) is 22.2 Å². The number of hydrogen-bond donors (Lipinski definition) is 3. The Kier molecular flexibility index (Phi) is 6.72. The number of nitriles is 1. The van der Waals surface area contributed by atoms with Crippen LogP contribution < -0.4 is 16.0 Å². The molecule has 3 heterocycles. The molecule has 0 amide bonds. The van der Waals surface area contributed by atoms with Gasteiger partial charge in [0.1, 0.15) is 34.6 Å². The number of carboxylic acids is 1. The third-order valence-corrected chi connectivity index (χ3v) is 6.47. The molecule has 0 spiro atoms. The van der Waals surface area contributed by atoms with E-state index < -0.39 is 28.8 Å². The normalized spacial score (nSPS) is 11.4. The number of benzene rings is 2. The number of nitrogens with zero attached hydrogens (tertiary/aromatic N) is 3. The average molecular weight is 560 g/mol. The van der Waals surface area contributed by atoms with E-state index in [9.17, 15) is 33.1 Å². The molecular weight excluding hydrogens is 539 g/mol. The number of aryl methyl sites for hydroxylation is 1. The summed E-state index contributed by atoms with van der Waals surface area (Å²) in [6.07, 6.45) is -4.93. The number of ether oxygens (including phenoxy) is 1. The summed E-state index contributed by atoms with van der Waals surface area (Å²) in [6.45, 7) is 1.51. The van der Waals surface area contributed by atoms with Crippen LogP contribution >= 0.6 is 0 Å². The minimum atomic E-state index is -4.93. The second-order valence-corrected chi connectivity index (χ2v) is 9.16. The van der Waals surface area contributed by atoms with Crippen molar-refractivity contribution in [1.82, 2.24) is 14.5 Å². The highest BCUT2D eigenvalue weighted by Gasteiger charge is 2.36. The van der Waals surface area contributed by atoms with Gasteiger partial charge < -0.3 is 25.1 Å². The largest absolute Gasteiger partial charge is 0.477 e. The van der Waals surface area contributed by atoms with Gasteiger partial charge in [0.05, 0.1) is 17.8 Å². The fourth-order valence-corrected chi connectivity index (χ4v) is 4.44. The molecule has 5 aromatic rings. The zero-order valence-corrected chi connectivity index (χ0v) is 21.3. The van der Waals surface area contributed by atoms with E-state index in [-0.39, 0.29) is 29.3 Å². The molecule has 0 bridgehead atoms. The van der Waals surface area contributed by atoms with Crippen molar-refractivity contribution in [3.8, 4) is 28.8 Å². The Balaban J connectivity index is 1.55. The van der Waals surface area contributed by atoms with Crippen LogP contribution in [0.5, 0.6) is 11.5 Å². The number of pyridine rings is 2. The number of fused-ring (bicyclic) bond motifs is 1. The Morgan fingerprint density at radius 1 is 1.10 bits per heavy atom. The van der Waals surface area contributed by atoms with Crippen molar-refractivity contribution in [3.63, 3.8) is 0 Å². The molecule has 12 heteroatoms. The molecule has 206 valence electrons. The van der Waals surface area contributed by atoms with Gasteiger partial charge in [0.2, 0.25) is 0 Å². The van der Waals surface area contributed by atoms with Crippen LogP contribution in [0.15, 0.2) is 71.5 Å². The minimum absolute atomic E-state index is 0.0261. The van der Waals surface area contributed by atoms with E-state index in [4.69, 9.17) is 10.5 Å². The first-order chi connectivity index (χ1) is 19.4. The van der Waals surface area contributed by atoms with Gasteiger partial charge in [-0.1, -0.05) is 6.07 Å². The molecule has 0 unspecified atom stereocenters. The van der Waals surface area contributed by atoms with Gasteiger partial charge in [0.25, 0.3) is 5.56 Å². The number of aromatic amines is 1. The third kappa shape index (κ3) is 5.33. The summed E-state index contributed by atoms with van der Waals surface area (Å²) < 4.78 is 48.6. The highest BCUT2D eigenvalue weighted by Crippen LogP contribution is 2.35. The van der Waals surface area contributed by atoms with E-state index in [0.717, 1.165) is 10.6 Å². The number of rotatable bonds is 6. The molecule has 0 fully saturated rings. The van der Waals surface area contributed by atoms with Crippen LogP contribution in [-0.2, 0) is 12.7 Å². The first-order valence-corrected chi connectivity index (χ1v) is 12.1. The first-order valence-electron chi connectivity index (χ1n) is 12.1. The lowest BCUT2D eigenvalue weighted by Gasteiger charge is -2.18. The molecule has 4 N–H and O–H groups in total. The molecule has 0 aliphatic rings. The zero-order valence-electron chi connectivity index (χ0n) is 21.3. The Morgan fingerprint density at radius 2 is 1.80 bits per heavy atom. The number of nitrogen functional groups attached to an aromatic ring is 1. The molecule has 9 nitrogen and oxygen atoms in total. The van der Waals surface area contributed by atoms with E-state index in [1.807, 2.05) is 0 Å². The number of anilines is 1. The molecule has 0 aliphatic carbocycles. The number of halogens is 3. The van der Waals surface area contributed by atoms with Crippen LogP contribution in [0, 0.1) is 18.3 Å². The number of nitrogens with one attached hydrogen (secondary N) is 1. The van der Waals surface area contributed by atoms with Crippen LogP contribution in [0.1, 0.15) is 32.9 Å². The quantitative estimate of drug-likeness (QED) is 0.241. The number of alkyl halides is 3. The molecule has 0 radical (unpaired) electrons. The molecule has 2 aromatic carbocycles. The Bertz CT molecular complexity index is 1920. The van der Waals surface area contributed by atoms with Crippen LogP contribution in [0.3, 0.4) is 0 Å². The predicted molar refractivity (Wildman–Crippen MR) is 144 cm³/mol. The summed E-state index contributed by atoms with van der Waals surface area (Å²) in [4.78, 5) is 31.4. The lowest BCUT2D eigenvalue weighted by atomic mass is 10.0. The van der Waals surface area contributed by atoms with E-state index in [2.05, 4.69) is 9.97 Å². The lowest BCUT2D eigenvalue weighted by molar-refractivity contribution is -0.137. The molecule has 0 aliphatic heterocycles. The van der Waals surface area contributed by atoms with Crippen molar-refractivity contribution < 1.29 is 27.8 Å². The summed E-state index contributed by atoms with van der Waals surface area (Å²) in [5.74, 6) is -0.101. The second-order valence-electron chi connectivity index (χ2n) is 9.16. The summed E-state index contributed by atoms with van der Waals surface area (Å²) in [6, 6.07) is 17.8. The Morgan fingerprint density at radius 3 is 2.44 bits per heavy atom. The minimum Gasteiger partial charge on any atom is -0.477 e. The Labute approximate surface area is 229 Å². The van der Waals surface area contributed by atoms with Crippen molar-refractivity contribution in [1.29, 1.82) is 5.26 Å². The summed E-state index contributed by atoms with van der Waals surface area (Å²) in [7, 11) is 0. The molecule has 0 saturated carbocycles. The third-order valence-electron chi connectivity index (χ3n) is 6.47. The summed E-state index contributed by atoms with van der Waals surface area (Å²) in [5.41, 5.74) is 4.16. The number of hydrogen-bond acceptors (Lipinski definition) is 6. The monoisotopic (exact) mass is 559 g/mol. The van der Waals surface area contributed by atoms with Gasteiger partial charge in [-0.2, -0.15) is 18.4 Å². The molecule has 41 heavy (non-hydrogen) atoms. The van der Waals surface area contributed by atoms with Crippen molar-refractivity contribution in [2.24, 2.45) is 0 Å². The van der Waals surface area contributed by atoms with Gasteiger partial charge in [0.15, 0.2) is 0 Å². The zero-order chi connectivity index (χ0) is 29.5. The first kappa shape index (κ1) is 27.0. The SMILES string of the molecule is Cc1nc(N)ccc1Cn1c(-c2ccc(Oc3ccc4[nH]c(C(=O)O)cc4c3)cc2)cc(C(F)(F)F)c(C#N)c1=O. The number of aromatic nitrogens is 3. The van der Waals surface area contributed by atoms with Crippen molar-refractivity contribution in [3.05, 3.63) is 105 Å². The van der Waals surface area contributed by atoms with Gasteiger partial charge in [-0.3, -0.25) is 4.79 Å². The van der Waals surface area contributed by atoms with Crippen LogP contribution in [0.4, 0.5) is 19.0 Å². The maximum absolute atomic E-state index is 13.9. The van der Waals surface area contributed by atoms with Crippen LogP contribution in [0.2, 0.25) is 0 Å². The topological polar surface area (TPSA) is 147 Å². The standard InChI is InChI=1S/C29H20F3N5O4/c1-15-17(4-9-26(34)35-15)14-37-25(12-22(29(30,31)32)21(13-33)27(37)38)16-2-5-19(6-3-16)41-20-7-8-23-18(10-20)11-24(36-23)28(39)40/h2-12,36H,14H2,1H3,(H2,34,35)(H,39,40). The second kappa shape index (κ2) is 10.2. The van der Waals surface area contributed by atoms with E-state index in [1.165, 1.54) is 42.5 Å². The maximum atomic E-state index is 13.9. The fraction of sp³-hybridized carbons (Fsp3) is 0.103. The molecular formula is C29H20F3N5O4. The smallest absolute Gasteiger partial charge is 0.417 e. The molecule has 3 aromatic heterocycles. The number of carbonyl (C=O) groups is 1. The fourth-order valence-electron chi connectivity index (χ4n) is 4.44. The van der Waals surface area contributed by atoms with Gasteiger partial charge >= 0.3 is 12.1 Å². The molecule has 0 atom stereocenters. The highest BCUT2D eigenvalue weighted by atomic mass is 19.4. The van der Waals surface area contributed by atoms with Crippen molar-refractivity contribution in [2.45, 2.75) is 19.6 Å². The van der Waals surface area contributed by atoms with Crippen molar-refractivity contribution in [2.75, 3.05) is 5.73 Å². The molecule has 0 saturated heterocycles. The van der Waals surface area contributed by atoms with E-state index >= 15 is 0 Å². The van der Waals surface area contributed by atoms with Crippen molar-refractivity contribution >= 4 is 22.7 Å². The van der Waals surface area contributed by atoms with Gasteiger partial charge in [-0.05, 0) is 78.7 Å². The van der Waals surface area contributed by atoms with Gasteiger partial charge in [-0.15, -0.1) is 0 Å². The number of carboxylic acid groups (broad SMARTS) is 1. The predicted octanol–water partition coefficient (Wildman–Crippen LogP) is 5.71. The molecule has 5 rings (SSSR count). The van der Waals surface area contributed by atoms with Crippen LogP contribution in [-0.4, -0.2) is 25.6 Å². The summed E-state index contributed by atoms with van der Waals surface area (Å²) in [5, 5.41) is 19.2. The van der Waals surface area contributed by atoms with Gasteiger partial charge in [-0.25, -0.2) is 9.78 Å². The number of nitrogens with two attached hydrogens (primary N) is 1. The van der Waals surface area contributed by atoms with E-state index in [1.54, 1.807) is 31.2 Å². The summed E-state index contributed by atoms with van der Waals surface area (Å²) >= 11 is 0. The maximum Gasteiger partial charge on any atom is 0.417 e. The average Bonchev–Trinajstić information content (AvgIpc) is 3.35. The highest BCUT2D eigenvalue weighted by molar-refractivity contribution is 5.94. The number of H-pyrrole nitrogens is 1.